The molecule has 1 amide bonds. The maximum atomic E-state index is 12.9. The van der Waals surface area contributed by atoms with Crippen molar-refractivity contribution < 1.29 is 17.9 Å². The fraction of sp³-hybridized carbons (Fsp3) is 0.364. The van der Waals surface area contributed by atoms with Crippen molar-refractivity contribution in [3.05, 3.63) is 59.7 Å². The molecular weight excluding hydrogens is 416 g/mol. The van der Waals surface area contributed by atoms with Crippen LogP contribution in [0.3, 0.4) is 0 Å². The van der Waals surface area contributed by atoms with Crippen LogP contribution in [0.2, 0.25) is 0 Å². The first-order valence-electron chi connectivity index (χ1n) is 9.93. The summed E-state index contributed by atoms with van der Waals surface area (Å²) in [6, 6.07) is 15.8. The summed E-state index contributed by atoms with van der Waals surface area (Å²) in [5.41, 5.74) is 1.17. The predicted octanol–water partition coefficient (Wildman–Crippen LogP) is 1.53. The van der Waals surface area contributed by atoms with Crippen LogP contribution < -0.4 is 4.74 Å². The van der Waals surface area contributed by atoms with Gasteiger partial charge >= 0.3 is 0 Å². The van der Waals surface area contributed by atoms with Gasteiger partial charge < -0.3 is 9.64 Å². The number of hydrogen-bond acceptors (Lipinski definition) is 6. The highest BCUT2D eigenvalue weighted by atomic mass is 32.2. The molecule has 164 valence electrons. The van der Waals surface area contributed by atoms with E-state index in [2.05, 4.69) is 0 Å². The molecule has 9 heteroatoms. The molecule has 0 spiro atoms. The van der Waals surface area contributed by atoms with E-state index in [0.29, 0.717) is 19.6 Å². The van der Waals surface area contributed by atoms with Gasteiger partial charge in [-0.2, -0.15) is 9.57 Å². The summed E-state index contributed by atoms with van der Waals surface area (Å²) in [6.45, 7) is 1.88. The Morgan fingerprint density at radius 1 is 1.13 bits per heavy atom. The lowest BCUT2D eigenvalue weighted by Gasteiger charge is -2.35. The quantitative estimate of drug-likeness (QED) is 0.646. The average Bonchev–Trinajstić information content (AvgIpc) is 2.79. The summed E-state index contributed by atoms with van der Waals surface area (Å²) in [4.78, 5) is 16.3. The summed E-state index contributed by atoms with van der Waals surface area (Å²) in [5, 5.41) is 9.22. The molecule has 0 aliphatic carbocycles. The predicted molar refractivity (Wildman–Crippen MR) is 116 cm³/mol. The summed E-state index contributed by atoms with van der Waals surface area (Å²) < 4.78 is 32.4. The number of nitriles is 1. The number of likely N-dealkylation sites (N-methyl/N-ethyl adjacent to an activating group) is 1. The second kappa shape index (κ2) is 9.92. The lowest BCUT2D eigenvalue weighted by atomic mass is 10.2. The number of hydrogen-bond donors (Lipinski definition) is 0. The van der Waals surface area contributed by atoms with Crippen LogP contribution >= 0.6 is 0 Å². The molecule has 0 atom stereocenters. The number of ether oxygens (including phenoxy) is 1. The fourth-order valence-electron chi connectivity index (χ4n) is 3.57. The summed E-state index contributed by atoms with van der Waals surface area (Å²) in [6.07, 6.45) is 0. The number of rotatable bonds is 7. The molecule has 2 aromatic rings. The maximum absolute atomic E-state index is 12.9. The zero-order chi connectivity index (χ0) is 22.4. The minimum absolute atomic E-state index is 0.00954. The first-order valence-corrected chi connectivity index (χ1v) is 11.4. The van der Waals surface area contributed by atoms with Gasteiger partial charge in [0.1, 0.15) is 11.8 Å². The molecule has 1 saturated heterocycles. The van der Waals surface area contributed by atoms with Crippen LogP contribution in [0, 0.1) is 11.3 Å². The molecular formula is C22H26N4O4S. The van der Waals surface area contributed by atoms with Crippen molar-refractivity contribution in [1.82, 2.24) is 14.1 Å². The van der Waals surface area contributed by atoms with Gasteiger partial charge in [-0.25, -0.2) is 8.42 Å². The van der Waals surface area contributed by atoms with Crippen LogP contribution in [-0.4, -0.2) is 75.3 Å². The van der Waals surface area contributed by atoms with Crippen molar-refractivity contribution in [2.24, 2.45) is 0 Å². The normalized spacial score (nSPS) is 15.0. The topological polar surface area (TPSA) is 93.9 Å². The molecule has 1 fully saturated rings. The van der Waals surface area contributed by atoms with Crippen molar-refractivity contribution >= 4 is 15.9 Å². The van der Waals surface area contributed by atoms with E-state index in [-0.39, 0.29) is 36.0 Å². The zero-order valence-corrected chi connectivity index (χ0v) is 18.5. The van der Waals surface area contributed by atoms with Crippen molar-refractivity contribution in [2.45, 2.75) is 11.4 Å². The van der Waals surface area contributed by atoms with Gasteiger partial charge in [0, 0.05) is 32.7 Å². The number of sulfonamides is 1. The van der Waals surface area contributed by atoms with Gasteiger partial charge in [0.2, 0.25) is 15.9 Å². The standard InChI is InChI=1S/C22H26N4O4S/c1-24(16-18-6-5-8-20(14-18)30-2)17-22(27)25-10-12-26(13-11-25)31(28,29)21-9-4-3-7-19(21)15-23/h3-9,14H,10-13,16-17H2,1-2H3. The largest absolute Gasteiger partial charge is 0.497 e. The van der Waals surface area contributed by atoms with Crippen molar-refractivity contribution in [3.8, 4) is 11.8 Å². The number of amides is 1. The third kappa shape index (κ3) is 5.41. The Kier molecular flexibility index (Phi) is 7.28. The molecule has 1 heterocycles. The van der Waals surface area contributed by atoms with E-state index in [9.17, 15) is 18.5 Å². The van der Waals surface area contributed by atoms with Crippen molar-refractivity contribution in [1.29, 1.82) is 5.26 Å². The van der Waals surface area contributed by atoms with Crippen molar-refractivity contribution in [2.75, 3.05) is 46.9 Å². The molecule has 8 nitrogen and oxygen atoms in total. The SMILES string of the molecule is COc1cccc(CN(C)CC(=O)N2CCN(S(=O)(=O)c3ccccc3C#N)CC2)c1. The van der Waals surface area contributed by atoms with Gasteiger partial charge in [0.25, 0.3) is 0 Å². The highest BCUT2D eigenvalue weighted by Crippen LogP contribution is 2.21. The smallest absolute Gasteiger partial charge is 0.244 e. The highest BCUT2D eigenvalue weighted by molar-refractivity contribution is 7.89. The van der Waals surface area contributed by atoms with E-state index >= 15 is 0 Å². The second-order valence-electron chi connectivity index (χ2n) is 7.42. The number of benzene rings is 2. The summed E-state index contributed by atoms with van der Waals surface area (Å²) in [5.74, 6) is 0.729. The molecule has 0 N–H and O–H groups in total. The zero-order valence-electron chi connectivity index (χ0n) is 17.7. The van der Waals surface area contributed by atoms with Crippen LogP contribution in [-0.2, 0) is 21.4 Å². The van der Waals surface area contributed by atoms with E-state index in [4.69, 9.17) is 4.74 Å². The van der Waals surface area contributed by atoms with E-state index in [1.807, 2.05) is 42.3 Å². The molecule has 2 aromatic carbocycles. The second-order valence-corrected chi connectivity index (χ2v) is 9.32. The number of methoxy groups -OCH3 is 1. The van der Waals surface area contributed by atoms with E-state index in [1.165, 1.54) is 16.4 Å². The van der Waals surface area contributed by atoms with Gasteiger partial charge in [0.15, 0.2) is 0 Å². The third-order valence-corrected chi connectivity index (χ3v) is 7.17. The Labute approximate surface area is 183 Å². The average molecular weight is 443 g/mol. The Balaban J connectivity index is 1.56. The molecule has 0 saturated carbocycles. The van der Waals surface area contributed by atoms with E-state index in [0.717, 1.165) is 11.3 Å². The van der Waals surface area contributed by atoms with Gasteiger partial charge in [-0.05, 0) is 36.9 Å². The van der Waals surface area contributed by atoms with Crippen LogP contribution in [0.1, 0.15) is 11.1 Å². The third-order valence-electron chi connectivity index (χ3n) is 5.21. The Morgan fingerprint density at radius 3 is 2.52 bits per heavy atom. The van der Waals surface area contributed by atoms with Crippen molar-refractivity contribution in [3.63, 3.8) is 0 Å². The van der Waals surface area contributed by atoms with Crippen LogP contribution in [0.25, 0.3) is 0 Å². The van der Waals surface area contributed by atoms with Gasteiger partial charge in [-0.1, -0.05) is 24.3 Å². The first-order chi connectivity index (χ1) is 14.8. The molecule has 1 aliphatic heterocycles. The molecule has 1 aliphatic rings. The Hall–Kier alpha value is -2.93. The van der Waals surface area contributed by atoms with Gasteiger partial charge in [0.05, 0.1) is 24.1 Å². The molecule has 0 unspecified atom stereocenters. The minimum atomic E-state index is -3.77. The summed E-state index contributed by atoms with van der Waals surface area (Å²) >= 11 is 0. The monoisotopic (exact) mass is 442 g/mol. The lowest BCUT2D eigenvalue weighted by molar-refractivity contribution is -0.133. The molecule has 31 heavy (non-hydrogen) atoms. The number of piperazine rings is 1. The molecule has 3 rings (SSSR count). The number of carbonyl (C=O) groups excluding carboxylic acids is 1. The highest BCUT2D eigenvalue weighted by Gasteiger charge is 2.31. The van der Waals surface area contributed by atoms with E-state index in [1.54, 1.807) is 24.1 Å². The lowest BCUT2D eigenvalue weighted by Crippen LogP contribution is -2.52. The van der Waals surface area contributed by atoms with Crippen LogP contribution in [0.4, 0.5) is 0 Å². The van der Waals surface area contributed by atoms with Crippen LogP contribution in [0.15, 0.2) is 53.4 Å². The van der Waals surface area contributed by atoms with E-state index < -0.39 is 10.0 Å². The fourth-order valence-corrected chi connectivity index (χ4v) is 5.13. The summed E-state index contributed by atoms with van der Waals surface area (Å²) in [7, 11) is -0.286. The Morgan fingerprint density at radius 2 is 1.84 bits per heavy atom. The van der Waals surface area contributed by atoms with Gasteiger partial charge in [-0.15, -0.1) is 0 Å². The molecule has 0 radical (unpaired) electrons. The van der Waals surface area contributed by atoms with Crippen LogP contribution in [0.5, 0.6) is 5.75 Å². The van der Waals surface area contributed by atoms with Gasteiger partial charge in [-0.3, -0.25) is 9.69 Å². The minimum Gasteiger partial charge on any atom is -0.497 e. The Bertz CT molecular complexity index is 1070. The first kappa shape index (κ1) is 22.7. The maximum Gasteiger partial charge on any atom is 0.244 e. The number of nitrogens with zero attached hydrogens (tertiary/aromatic N) is 4. The molecule has 0 aromatic heterocycles. The number of carbonyl (C=O) groups is 1. The molecule has 0 bridgehead atoms.